The molecule has 0 spiro atoms. The molecule has 0 bridgehead atoms. The smallest absolute Gasteiger partial charge is 0.339 e. The van der Waals surface area contributed by atoms with E-state index in [-0.39, 0.29) is 5.56 Å². The molecule has 2 rings (SSSR count). The third-order valence-electron chi connectivity index (χ3n) is 2.81. The van der Waals surface area contributed by atoms with E-state index in [9.17, 15) is 9.90 Å². The van der Waals surface area contributed by atoms with E-state index in [2.05, 4.69) is 15.3 Å². The van der Waals surface area contributed by atoms with Crippen LogP contribution in [0.2, 0.25) is 0 Å². The zero-order chi connectivity index (χ0) is 14.2. The highest BCUT2D eigenvalue weighted by molar-refractivity contribution is 7.15. The van der Waals surface area contributed by atoms with Gasteiger partial charge < -0.3 is 10.4 Å². The molecule has 2 aromatic heterocycles. The first kappa shape index (κ1) is 13.5. The summed E-state index contributed by atoms with van der Waals surface area (Å²) in [4.78, 5) is 21.0. The Bertz CT molecular complexity index is 630. The van der Waals surface area contributed by atoms with Crippen molar-refractivity contribution in [2.75, 3.05) is 5.32 Å². The van der Waals surface area contributed by atoms with Crippen LogP contribution in [-0.2, 0) is 0 Å². The van der Waals surface area contributed by atoms with Gasteiger partial charge in [-0.25, -0.2) is 14.8 Å². The summed E-state index contributed by atoms with van der Waals surface area (Å²) in [6, 6.07) is 1.76. The lowest BCUT2D eigenvalue weighted by atomic mass is 10.1. The monoisotopic (exact) mass is 277 g/mol. The number of aromatic nitrogens is 2. The SMILES string of the molecule is Cc1cc(C)c(C(=O)O)c(Nc2nc(C)c(C)s2)n1. The molecule has 2 aromatic rings. The van der Waals surface area contributed by atoms with Crippen LogP contribution in [0.3, 0.4) is 0 Å². The van der Waals surface area contributed by atoms with Crippen LogP contribution in [0.5, 0.6) is 0 Å². The maximum atomic E-state index is 11.3. The van der Waals surface area contributed by atoms with Gasteiger partial charge in [0.2, 0.25) is 0 Å². The van der Waals surface area contributed by atoms with E-state index in [0.29, 0.717) is 16.5 Å². The molecular formula is C13H15N3O2S. The molecule has 0 aliphatic rings. The summed E-state index contributed by atoms with van der Waals surface area (Å²) in [7, 11) is 0. The molecule has 0 atom stereocenters. The van der Waals surface area contributed by atoms with Crippen molar-refractivity contribution in [3.8, 4) is 0 Å². The Labute approximate surface area is 115 Å². The van der Waals surface area contributed by atoms with Gasteiger partial charge in [-0.1, -0.05) is 0 Å². The minimum absolute atomic E-state index is 0.191. The maximum absolute atomic E-state index is 11.3. The van der Waals surface area contributed by atoms with Gasteiger partial charge in [0.25, 0.3) is 0 Å². The van der Waals surface area contributed by atoms with Gasteiger partial charge in [0, 0.05) is 10.6 Å². The van der Waals surface area contributed by atoms with Crippen LogP contribution in [0.4, 0.5) is 10.9 Å². The Morgan fingerprint density at radius 3 is 2.47 bits per heavy atom. The fraction of sp³-hybridized carbons (Fsp3) is 0.308. The number of anilines is 2. The van der Waals surface area contributed by atoms with Crippen molar-refractivity contribution in [2.45, 2.75) is 27.7 Å². The molecule has 0 unspecified atom stereocenters. The maximum Gasteiger partial charge on any atom is 0.339 e. The molecule has 0 saturated heterocycles. The largest absolute Gasteiger partial charge is 0.478 e. The van der Waals surface area contributed by atoms with E-state index in [1.54, 1.807) is 13.0 Å². The van der Waals surface area contributed by atoms with Crippen LogP contribution in [0.25, 0.3) is 0 Å². The zero-order valence-corrected chi connectivity index (χ0v) is 12.1. The highest BCUT2D eigenvalue weighted by atomic mass is 32.1. The Balaban J connectivity index is 2.46. The molecule has 5 nitrogen and oxygen atoms in total. The molecule has 0 aliphatic heterocycles. The summed E-state index contributed by atoms with van der Waals surface area (Å²) < 4.78 is 0. The molecule has 0 radical (unpaired) electrons. The van der Waals surface area contributed by atoms with Gasteiger partial charge in [-0.2, -0.15) is 0 Å². The van der Waals surface area contributed by atoms with Crippen molar-refractivity contribution in [3.05, 3.63) is 33.5 Å². The zero-order valence-electron chi connectivity index (χ0n) is 11.2. The van der Waals surface area contributed by atoms with Crippen LogP contribution in [0.1, 0.15) is 32.2 Å². The first-order valence-corrected chi connectivity index (χ1v) is 6.62. The normalized spacial score (nSPS) is 10.5. The predicted octanol–water partition coefficient (Wildman–Crippen LogP) is 3.21. The van der Waals surface area contributed by atoms with Crippen LogP contribution >= 0.6 is 11.3 Å². The van der Waals surface area contributed by atoms with Crippen LogP contribution < -0.4 is 5.32 Å². The van der Waals surface area contributed by atoms with Gasteiger partial charge in [0.05, 0.1) is 5.69 Å². The second-order valence-corrected chi connectivity index (χ2v) is 5.60. The van der Waals surface area contributed by atoms with E-state index >= 15 is 0 Å². The van der Waals surface area contributed by atoms with Crippen molar-refractivity contribution in [1.82, 2.24) is 9.97 Å². The second kappa shape index (κ2) is 4.97. The summed E-state index contributed by atoms with van der Waals surface area (Å²) in [5, 5.41) is 13.0. The molecule has 100 valence electrons. The average Bonchev–Trinajstić information content (AvgIpc) is 2.55. The summed E-state index contributed by atoms with van der Waals surface area (Å²) in [5.74, 6) is -0.642. The number of carboxylic acid groups (broad SMARTS) is 1. The van der Waals surface area contributed by atoms with Crippen molar-refractivity contribution in [1.29, 1.82) is 0 Å². The molecule has 2 N–H and O–H groups in total. The minimum Gasteiger partial charge on any atom is -0.478 e. The predicted molar refractivity (Wildman–Crippen MR) is 75.5 cm³/mol. The number of aryl methyl sites for hydroxylation is 4. The third kappa shape index (κ3) is 2.73. The lowest BCUT2D eigenvalue weighted by Crippen LogP contribution is -2.08. The van der Waals surface area contributed by atoms with Gasteiger partial charge in [-0.3, -0.25) is 0 Å². The fourth-order valence-corrected chi connectivity index (χ4v) is 2.64. The number of carbonyl (C=O) groups is 1. The molecule has 0 fully saturated rings. The molecule has 19 heavy (non-hydrogen) atoms. The fourth-order valence-electron chi connectivity index (χ4n) is 1.82. The lowest BCUT2D eigenvalue weighted by molar-refractivity contribution is 0.0697. The van der Waals surface area contributed by atoms with Crippen molar-refractivity contribution < 1.29 is 9.90 Å². The van der Waals surface area contributed by atoms with E-state index < -0.39 is 5.97 Å². The second-order valence-electron chi connectivity index (χ2n) is 4.39. The number of thiazole rings is 1. The molecule has 0 amide bonds. The molecular weight excluding hydrogens is 262 g/mol. The number of pyridine rings is 1. The van der Waals surface area contributed by atoms with Crippen molar-refractivity contribution in [2.24, 2.45) is 0 Å². The highest BCUT2D eigenvalue weighted by Gasteiger charge is 2.17. The summed E-state index contributed by atoms with van der Waals surface area (Å²) in [6.45, 7) is 7.50. The summed E-state index contributed by atoms with van der Waals surface area (Å²) in [6.07, 6.45) is 0. The van der Waals surface area contributed by atoms with E-state index in [1.807, 2.05) is 20.8 Å². The van der Waals surface area contributed by atoms with E-state index in [4.69, 9.17) is 0 Å². The van der Waals surface area contributed by atoms with Gasteiger partial charge in [0.1, 0.15) is 11.4 Å². The summed E-state index contributed by atoms with van der Waals surface area (Å²) in [5.41, 5.74) is 2.59. The van der Waals surface area contributed by atoms with E-state index in [1.165, 1.54) is 11.3 Å². The number of hydrogen-bond donors (Lipinski definition) is 2. The number of nitrogens with one attached hydrogen (secondary N) is 1. The number of nitrogens with zero attached hydrogens (tertiary/aromatic N) is 2. The van der Waals surface area contributed by atoms with Crippen molar-refractivity contribution >= 4 is 28.3 Å². The number of rotatable bonds is 3. The first-order valence-electron chi connectivity index (χ1n) is 5.81. The molecule has 0 aromatic carbocycles. The van der Waals surface area contributed by atoms with Gasteiger partial charge >= 0.3 is 5.97 Å². The quantitative estimate of drug-likeness (QED) is 0.901. The molecule has 2 heterocycles. The van der Waals surface area contributed by atoms with Crippen molar-refractivity contribution in [3.63, 3.8) is 0 Å². The Morgan fingerprint density at radius 1 is 1.26 bits per heavy atom. The topological polar surface area (TPSA) is 75.1 Å². The minimum atomic E-state index is -0.988. The molecule has 0 aliphatic carbocycles. The highest BCUT2D eigenvalue weighted by Crippen LogP contribution is 2.27. The van der Waals surface area contributed by atoms with Crippen LogP contribution in [0.15, 0.2) is 6.07 Å². The van der Waals surface area contributed by atoms with Gasteiger partial charge in [0.15, 0.2) is 5.13 Å². The first-order chi connectivity index (χ1) is 8.88. The number of aromatic carboxylic acids is 1. The van der Waals surface area contributed by atoms with Crippen LogP contribution in [0, 0.1) is 27.7 Å². The van der Waals surface area contributed by atoms with Crippen LogP contribution in [-0.4, -0.2) is 21.0 Å². The lowest BCUT2D eigenvalue weighted by Gasteiger charge is -2.09. The Morgan fingerprint density at radius 2 is 1.95 bits per heavy atom. The molecule has 6 heteroatoms. The molecule has 0 saturated carbocycles. The Hall–Kier alpha value is -1.95. The third-order valence-corrected chi connectivity index (χ3v) is 3.80. The summed E-state index contributed by atoms with van der Waals surface area (Å²) >= 11 is 1.49. The Kier molecular flexibility index (Phi) is 3.53. The van der Waals surface area contributed by atoms with E-state index in [0.717, 1.165) is 16.3 Å². The number of carboxylic acids is 1. The van der Waals surface area contributed by atoms with Gasteiger partial charge in [-0.15, -0.1) is 11.3 Å². The number of hydrogen-bond acceptors (Lipinski definition) is 5. The standard InChI is InChI=1S/C13H15N3O2S/c1-6-5-7(2)14-11(10(6)12(17)18)16-13-15-8(3)9(4)19-13/h5H,1-4H3,(H,17,18)(H,14,15,16). The van der Waals surface area contributed by atoms with Gasteiger partial charge in [-0.05, 0) is 39.3 Å². The average molecular weight is 277 g/mol.